The minimum absolute atomic E-state index is 0. The van der Waals surface area contributed by atoms with Crippen LogP contribution in [0.5, 0.6) is 0 Å². The number of nitro benzene ring substituents is 1. The van der Waals surface area contributed by atoms with Gasteiger partial charge in [0.1, 0.15) is 0 Å². The van der Waals surface area contributed by atoms with E-state index in [1.165, 1.54) is 0 Å². The SMILES string of the molecule is Cc1ccc([C@@H](C2CCOCC2)N2CCNCC2)cc1[N+](=O)[O-].Cl.Cl. The average Bonchev–Trinajstić information content (AvgIpc) is 2.58. The molecule has 2 aliphatic rings. The van der Waals surface area contributed by atoms with Crippen LogP contribution in [-0.2, 0) is 4.74 Å². The fraction of sp³-hybridized carbons (Fsp3) is 0.647. The first kappa shape index (κ1) is 22.1. The molecule has 25 heavy (non-hydrogen) atoms. The Morgan fingerprint density at radius 3 is 2.48 bits per heavy atom. The van der Waals surface area contributed by atoms with E-state index in [0.717, 1.165) is 63.4 Å². The molecule has 2 heterocycles. The highest BCUT2D eigenvalue weighted by atomic mass is 35.5. The minimum atomic E-state index is -0.266. The summed E-state index contributed by atoms with van der Waals surface area (Å²) in [5.74, 6) is 0.504. The van der Waals surface area contributed by atoms with Gasteiger partial charge < -0.3 is 10.1 Å². The highest BCUT2D eigenvalue weighted by Crippen LogP contribution is 2.37. The number of hydrogen-bond acceptors (Lipinski definition) is 5. The molecule has 8 heteroatoms. The smallest absolute Gasteiger partial charge is 0.272 e. The Labute approximate surface area is 161 Å². The molecule has 1 N–H and O–H groups in total. The van der Waals surface area contributed by atoms with E-state index in [-0.39, 0.29) is 41.5 Å². The van der Waals surface area contributed by atoms with Crippen molar-refractivity contribution in [3.8, 4) is 0 Å². The normalized spacial score (nSPS) is 20.2. The van der Waals surface area contributed by atoms with E-state index in [1.54, 1.807) is 13.0 Å². The molecule has 142 valence electrons. The van der Waals surface area contributed by atoms with E-state index in [4.69, 9.17) is 4.74 Å². The van der Waals surface area contributed by atoms with Gasteiger partial charge in [0, 0.05) is 57.1 Å². The van der Waals surface area contributed by atoms with Gasteiger partial charge in [0.2, 0.25) is 0 Å². The van der Waals surface area contributed by atoms with Crippen LogP contribution in [0.2, 0.25) is 0 Å². The Morgan fingerprint density at radius 1 is 1.24 bits per heavy atom. The van der Waals surface area contributed by atoms with E-state index in [1.807, 2.05) is 6.07 Å². The van der Waals surface area contributed by atoms with Crippen molar-refractivity contribution in [3.63, 3.8) is 0 Å². The van der Waals surface area contributed by atoms with Gasteiger partial charge in [0.25, 0.3) is 5.69 Å². The Bertz CT molecular complexity index is 544. The lowest BCUT2D eigenvalue weighted by Gasteiger charge is -2.41. The Hall–Kier alpha value is -0.920. The summed E-state index contributed by atoms with van der Waals surface area (Å²) in [5.41, 5.74) is 2.04. The minimum Gasteiger partial charge on any atom is -0.381 e. The van der Waals surface area contributed by atoms with Crippen molar-refractivity contribution in [2.75, 3.05) is 39.4 Å². The van der Waals surface area contributed by atoms with Crippen molar-refractivity contribution < 1.29 is 9.66 Å². The fourth-order valence-electron chi connectivity index (χ4n) is 3.78. The van der Waals surface area contributed by atoms with Gasteiger partial charge in [-0.3, -0.25) is 15.0 Å². The molecular weight excluding hydrogens is 365 g/mol. The summed E-state index contributed by atoms with van der Waals surface area (Å²) >= 11 is 0. The standard InChI is InChI=1S/C17H25N3O3.2ClH/c1-13-2-3-15(12-16(13)20(21)22)17(14-4-10-23-11-5-14)19-8-6-18-7-9-19;;/h2-3,12,14,17-18H,4-11H2,1H3;2*1H/t17-;;/m1../s1. The average molecular weight is 392 g/mol. The first-order valence-corrected chi connectivity index (χ1v) is 8.44. The Kier molecular flexibility index (Phi) is 9.10. The lowest BCUT2D eigenvalue weighted by molar-refractivity contribution is -0.385. The van der Waals surface area contributed by atoms with Gasteiger partial charge in [-0.15, -0.1) is 24.8 Å². The maximum Gasteiger partial charge on any atom is 0.272 e. The molecule has 1 atom stereocenters. The second-order valence-electron chi connectivity index (χ2n) is 6.48. The number of benzene rings is 1. The lowest BCUT2D eigenvalue weighted by Crippen LogP contribution is -2.47. The number of halogens is 2. The van der Waals surface area contributed by atoms with E-state index >= 15 is 0 Å². The number of nitro groups is 1. The molecule has 2 aliphatic heterocycles. The van der Waals surface area contributed by atoms with Crippen molar-refractivity contribution in [1.82, 2.24) is 10.2 Å². The maximum absolute atomic E-state index is 11.3. The van der Waals surface area contributed by atoms with Crippen LogP contribution >= 0.6 is 24.8 Å². The number of aryl methyl sites for hydroxylation is 1. The summed E-state index contributed by atoms with van der Waals surface area (Å²) in [6.07, 6.45) is 2.05. The molecule has 0 spiro atoms. The van der Waals surface area contributed by atoms with Gasteiger partial charge in [-0.1, -0.05) is 12.1 Å². The van der Waals surface area contributed by atoms with E-state index in [0.29, 0.717) is 5.92 Å². The monoisotopic (exact) mass is 391 g/mol. The van der Waals surface area contributed by atoms with Crippen molar-refractivity contribution in [2.45, 2.75) is 25.8 Å². The molecule has 3 rings (SSSR count). The van der Waals surface area contributed by atoms with Crippen LogP contribution in [-0.4, -0.2) is 49.2 Å². The number of nitrogens with one attached hydrogen (secondary N) is 1. The van der Waals surface area contributed by atoms with Crippen molar-refractivity contribution in [3.05, 3.63) is 39.4 Å². The molecule has 2 fully saturated rings. The van der Waals surface area contributed by atoms with Crippen LogP contribution < -0.4 is 5.32 Å². The van der Waals surface area contributed by atoms with Gasteiger partial charge in [-0.05, 0) is 31.2 Å². The van der Waals surface area contributed by atoms with E-state index in [9.17, 15) is 10.1 Å². The van der Waals surface area contributed by atoms with Crippen LogP contribution in [0.1, 0.15) is 30.0 Å². The first-order chi connectivity index (χ1) is 11.2. The number of nitrogens with zero attached hydrogens (tertiary/aromatic N) is 2. The summed E-state index contributed by atoms with van der Waals surface area (Å²) in [7, 11) is 0. The summed E-state index contributed by atoms with van der Waals surface area (Å²) in [6.45, 7) is 7.33. The summed E-state index contributed by atoms with van der Waals surface area (Å²) in [5, 5.41) is 14.7. The third-order valence-electron chi connectivity index (χ3n) is 5.03. The van der Waals surface area contributed by atoms with Gasteiger partial charge in [-0.25, -0.2) is 0 Å². The summed E-state index contributed by atoms with van der Waals surface area (Å²) < 4.78 is 5.52. The van der Waals surface area contributed by atoms with Crippen LogP contribution in [0.3, 0.4) is 0 Å². The summed E-state index contributed by atoms with van der Waals surface area (Å²) in [6, 6.07) is 6.00. The van der Waals surface area contributed by atoms with Gasteiger partial charge in [0.15, 0.2) is 0 Å². The molecule has 0 amide bonds. The molecule has 1 aromatic carbocycles. The van der Waals surface area contributed by atoms with Gasteiger partial charge in [0.05, 0.1) is 4.92 Å². The Morgan fingerprint density at radius 2 is 1.88 bits per heavy atom. The topological polar surface area (TPSA) is 67.6 Å². The van der Waals surface area contributed by atoms with Crippen LogP contribution in [0, 0.1) is 23.0 Å². The van der Waals surface area contributed by atoms with E-state index < -0.39 is 0 Å². The van der Waals surface area contributed by atoms with Crippen molar-refractivity contribution in [1.29, 1.82) is 0 Å². The largest absolute Gasteiger partial charge is 0.381 e. The van der Waals surface area contributed by atoms with Crippen molar-refractivity contribution >= 4 is 30.5 Å². The molecule has 6 nitrogen and oxygen atoms in total. The zero-order valence-corrected chi connectivity index (χ0v) is 16.1. The lowest BCUT2D eigenvalue weighted by atomic mass is 9.85. The van der Waals surface area contributed by atoms with Crippen LogP contribution in [0.25, 0.3) is 0 Å². The maximum atomic E-state index is 11.3. The van der Waals surface area contributed by atoms with Gasteiger partial charge >= 0.3 is 0 Å². The molecule has 0 aromatic heterocycles. The molecule has 0 unspecified atom stereocenters. The molecule has 0 saturated carbocycles. The highest BCUT2D eigenvalue weighted by molar-refractivity contribution is 5.85. The second kappa shape index (κ2) is 10.3. The quantitative estimate of drug-likeness (QED) is 0.630. The number of ether oxygens (including phenoxy) is 1. The van der Waals surface area contributed by atoms with Gasteiger partial charge in [-0.2, -0.15) is 0 Å². The fourth-order valence-corrected chi connectivity index (χ4v) is 3.78. The molecular formula is C17H27Cl2N3O3. The molecule has 0 aliphatic carbocycles. The molecule has 0 bridgehead atoms. The number of hydrogen-bond donors (Lipinski definition) is 1. The van der Waals surface area contributed by atoms with Crippen molar-refractivity contribution in [2.24, 2.45) is 5.92 Å². The molecule has 0 radical (unpaired) electrons. The Balaban J connectivity index is 0.00000156. The third kappa shape index (κ3) is 5.28. The number of piperazine rings is 1. The summed E-state index contributed by atoms with van der Waals surface area (Å²) in [4.78, 5) is 13.5. The van der Waals surface area contributed by atoms with E-state index in [2.05, 4.69) is 16.3 Å². The predicted molar refractivity (Wildman–Crippen MR) is 103 cm³/mol. The molecule has 1 aromatic rings. The van der Waals surface area contributed by atoms with Crippen LogP contribution in [0.4, 0.5) is 5.69 Å². The zero-order chi connectivity index (χ0) is 16.2. The third-order valence-corrected chi connectivity index (χ3v) is 5.03. The predicted octanol–water partition coefficient (Wildman–Crippen LogP) is 3.12. The zero-order valence-electron chi connectivity index (χ0n) is 14.5. The number of rotatable bonds is 4. The first-order valence-electron chi connectivity index (χ1n) is 8.44. The second-order valence-corrected chi connectivity index (χ2v) is 6.48. The molecule has 2 saturated heterocycles. The highest BCUT2D eigenvalue weighted by Gasteiger charge is 2.32. The van der Waals surface area contributed by atoms with Crippen LogP contribution in [0.15, 0.2) is 18.2 Å².